The lowest BCUT2D eigenvalue weighted by Gasteiger charge is -2.12. The van der Waals surface area contributed by atoms with Crippen LogP contribution < -0.4 is 5.32 Å². The maximum absolute atomic E-state index is 5.65. The van der Waals surface area contributed by atoms with E-state index in [0.717, 1.165) is 31.7 Å². The van der Waals surface area contributed by atoms with Crippen LogP contribution in [-0.2, 0) is 11.3 Å². The van der Waals surface area contributed by atoms with Crippen LogP contribution in [0.3, 0.4) is 0 Å². The molecule has 0 radical (unpaired) electrons. The summed E-state index contributed by atoms with van der Waals surface area (Å²) < 4.78 is 9.59. The van der Waals surface area contributed by atoms with Gasteiger partial charge >= 0.3 is 0 Å². The summed E-state index contributed by atoms with van der Waals surface area (Å²) in [7, 11) is 0. The van der Waals surface area contributed by atoms with Crippen molar-refractivity contribution in [1.29, 1.82) is 0 Å². The number of nitrogens with one attached hydrogen (secondary N) is 1. The van der Waals surface area contributed by atoms with Gasteiger partial charge in [-0.2, -0.15) is 10.2 Å². The highest BCUT2D eigenvalue weighted by Crippen LogP contribution is 2.20. The molecule has 3 rings (SSSR count). The average Bonchev–Trinajstić information content (AvgIpc) is 3.19. The first-order valence-electron chi connectivity index (χ1n) is 8.06. The molecule has 0 bridgehead atoms. The number of hydrogen-bond donors (Lipinski definition) is 1. The van der Waals surface area contributed by atoms with Crippen LogP contribution in [0.1, 0.15) is 51.3 Å². The molecule has 1 aliphatic rings. The lowest BCUT2D eigenvalue weighted by atomic mass is 10.2. The van der Waals surface area contributed by atoms with Gasteiger partial charge in [0.2, 0.25) is 0 Å². The third-order valence-corrected chi connectivity index (χ3v) is 4.08. The summed E-state index contributed by atoms with van der Waals surface area (Å²) in [5.74, 6) is 0. The molecule has 1 aliphatic heterocycles. The summed E-state index contributed by atoms with van der Waals surface area (Å²) >= 11 is 0. The average molecular weight is 303 g/mol. The Labute approximate surface area is 131 Å². The molecule has 0 amide bonds. The molecule has 2 aromatic rings. The van der Waals surface area contributed by atoms with Crippen molar-refractivity contribution in [2.45, 2.75) is 58.3 Å². The van der Waals surface area contributed by atoms with Crippen molar-refractivity contribution in [2.75, 3.05) is 11.9 Å². The van der Waals surface area contributed by atoms with Gasteiger partial charge in [0, 0.05) is 30.6 Å². The second kappa shape index (κ2) is 6.52. The monoisotopic (exact) mass is 303 g/mol. The lowest BCUT2D eigenvalue weighted by molar-refractivity contribution is 0.0940. The third kappa shape index (κ3) is 3.50. The molecule has 1 saturated heterocycles. The normalized spacial score (nSPS) is 19.7. The topological polar surface area (TPSA) is 56.9 Å². The number of hydrogen-bond acceptors (Lipinski definition) is 4. The van der Waals surface area contributed by atoms with Gasteiger partial charge in [-0.1, -0.05) is 0 Å². The molecular formula is C16H25N5O. The van der Waals surface area contributed by atoms with Crippen molar-refractivity contribution in [3.63, 3.8) is 0 Å². The zero-order valence-electron chi connectivity index (χ0n) is 13.6. The van der Waals surface area contributed by atoms with E-state index in [2.05, 4.69) is 42.5 Å². The van der Waals surface area contributed by atoms with Gasteiger partial charge < -0.3 is 10.1 Å². The first kappa shape index (κ1) is 15.1. The van der Waals surface area contributed by atoms with E-state index in [9.17, 15) is 0 Å². The number of rotatable bonds is 6. The Bertz CT molecular complexity index is 597. The van der Waals surface area contributed by atoms with Gasteiger partial charge in [-0.15, -0.1) is 0 Å². The minimum absolute atomic E-state index is 0.202. The van der Waals surface area contributed by atoms with E-state index in [1.54, 1.807) is 0 Å². The Morgan fingerprint density at radius 3 is 2.82 bits per heavy atom. The fourth-order valence-corrected chi connectivity index (χ4v) is 2.73. The second-order valence-corrected chi connectivity index (χ2v) is 6.30. The Balaban J connectivity index is 1.58. The van der Waals surface area contributed by atoms with Gasteiger partial charge in [0.25, 0.3) is 0 Å². The standard InChI is InChI=1S/C16H25N5O/c1-12(2)21-9-14(7-18-21)13(3)19-15-8-17-20(10-15)11-16-5-4-6-22-16/h7-10,12-13,16,19H,4-6,11H2,1-3H3/t13-,16+/m0/s1. The first-order chi connectivity index (χ1) is 10.6. The molecule has 0 aliphatic carbocycles. The lowest BCUT2D eigenvalue weighted by Crippen LogP contribution is -2.15. The van der Waals surface area contributed by atoms with Crippen LogP contribution in [0.5, 0.6) is 0 Å². The Hall–Kier alpha value is -1.82. The second-order valence-electron chi connectivity index (χ2n) is 6.30. The molecule has 1 fully saturated rings. The van der Waals surface area contributed by atoms with Crippen molar-refractivity contribution in [2.24, 2.45) is 0 Å². The molecule has 120 valence electrons. The van der Waals surface area contributed by atoms with Gasteiger partial charge in [-0.05, 0) is 33.6 Å². The van der Waals surface area contributed by atoms with Crippen molar-refractivity contribution < 1.29 is 4.74 Å². The summed E-state index contributed by atoms with van der Waals surface area (Å²) in [5, 5.41) is 12.3. The minimum atomic E-state index is 0.202. The summed E-state index contributed by atoms with van der Waals surface area (Å²) in [6.45, 7) is 8.11. The molecular weight excluding hydrogens is 278 g/mol. The van der Waals surface area contributed by atoms with Crippen LogP contribution in [-0.4, -0.2) is 32.3 Å². The zero-order chi connectivity index (χ0) is 15.5. The van der Waals surface area contributed by atoms with E-state index >= 15 is 0 Å². The molecule has 6 heteroatoms. The summed E-state index contributed by atoms with van der Waals surface area (Å²) in [6, 6.07) is 0.586. The van der Waals surface area contributed by atoms with Crippen molar-refractivity contribution >= 4 is 5.69 Å². The van der Waals surface area contributed by atoms with E-state index in [4.69, 9.17) is 4.74 Å². The van der Waals surface area contributed by atoms with Crippen LogP contribution >= 0.6 is 0 Å². The molecule has 0 unspecified atom stereocenters. The quantitative estimate of drug-likeness (QED) is 0.891. The predicted octanol–water partition coefficient (Wildman–Crippen LogP) is 3.01. The number of nitrogens with zero attached hydrogens (tertiary/aromatic N) is 4. The largest absolute Gasteiger partial charge is 0.376 e. The third-order valence-electron chi connectivity index (χ3n) is 4.08. The fourth-order valence-electron chi connectivity index (χ4n) is 2.73. The Kier molecular flexibility index (Phi) is 4.47. The number of anilines is 1. The highest BCUT2D eigenvalue weighted by molar-refractivity contribution is 5.40. The SMILES string of the molecule is CC(C)n1cc([C@H](C)Nc2cnn(C[C@H]3CCCO3)c2)cn1. The van der Waals surface area contributed by atoms with E-state index < -0.39 is 0 Å². The zero-order valence-corrected chi connectivity index (χ0v) is 13.6. The van der Waals surface area contributed by atoms with Gasteiger partial charge in [-0.3, -0.25) is 9.36 Å². The van der Waals surface area contributed by atoms with Crippen LogP contribution in [0.25, 0.3) is 0 Å². The molecule has 1 N–H and O–H groups in total. The van der Waals surface area contributed by atoms with Crippen molar-refractivity contribution in [3.05, 3.63) is 30.4 Å². The molecule has 2 atom stereocenters. The summed E-state index contributed by atoms with van der Waals surface area (Å²) in [5.41, 5.74) is 2.21. The molecule has 0 saturated carbocycles. The van der Waals surface area contributed by atoms with E-state index in [1.165, 1.54) is 5.56 Å². The van der Waals surface area contributed by atoms with Crippen LogP contribution in [0.2, 0.25) is 0 Å². The van der Waals surface area contributed by atoms with E-state index in [1.807, 2.05) is 28.0 Å². The Morgan fingerprint density at radius 1 is 1.27 bits per heavy atom. The van der Waals surface area contributed by atoms with Gasteiger partial charge in [-0.25, -0.2) is 0 Å². The maximum Gasteiger partial charge on any atom is 0.0771 e. The summed E-state index contributed by atoms with van der Waals surface area (Å²) in [6.07, 6.45) is 10.5. The Morgan fingerprint density at radius 2 is 2.14 bits per heavy atom. The molecule has 3 heterocycles. The fraction of sp³-hybridized carbons (Fsp3) is 0.625. The van der Waals surface area contributed by atoms with Crippen LogP contribution in [0.4, 0.5) is 5.69 Å². The van der Waals surface area contributed by atoms with E-state index in [0.29, 0.717) is 12.1 Å². The van der Waals surface area contributed by atoms with E-state index in [-0.39, 0.29) is 6.04 Å². The number of ether oxygens (including phenoxy) is 1. The summed E-state index contributed by atoms with van der Waals surface area (Å²) in [4.78, 5) is 0. The maximum atomic E-state index is 5.65. The van der Waals surface area contributed by atoms with Gasteiger partial charge in [0.15, 0.2) is 0 Å². The highest BCUT2D eigenvalue weighted by Gasteiger charge is 2.17. The molecule has 2 aromatic heterocycles. The highest BCUT2D eigenvalue weighted by atomic mass is 16.5. The smallest absolute Gasteiger partial charge is 0.0771 e. The van der Waals surface area contributed by atoms with Crippen LogP contribution in [0, 0.1) is 0 Å². The van der Waals surface area contributed by atoms with Crippen LogP contribution in [0.15, 0.2) is 24.8 Å². The van der Waals surface area contributed by atoms with Gasteiger partial charge in [0.1, 0.15) is 0 Å². The predicted molar refractivity (Wildman–Crippen MR) is 85.9 cm³/mol. The molecule has 22 heavy (non-hydrogen) atoms. The van der Waals surface area contributed by atoms with Gasteiger partial charge in [0.05, 0.1) is 36.8 Å². The number of aromatic nitrogens is 4. The molecule has 0 aromatic carbocycles. The first-order valence-corrected chi connectivity index (χ1v) is 8.06. The van der Waals surface area contributed by atoms with Crippen molar-refractivity contribution in [3.8, 4) is 0 Å². The molecule has 0 spiro atoms. The molecule has 6 nitrogen and oxygen atoms in total. The van der Waals surface area contributed by atoms with Crippen molar-refractivity contribution in [1.82, 2.24) is 19.6 Å². The minimum Gasteiger partial charge on any atom is -0.376 e.